The average Bonchev–Trinajstić information content (AvgIpc) is 2.70. The van der Waals surface area contributed by atoms with Crippen LogP contribution in [0.2, 0.25) is 0 Å². The molecule has 2 fully saturated rings. The molecular formula is C19H25N5O. The van der Waals surface area contributed by atoms with Crippen molar-refractivity contribution >= 4 is 23.0 Å². The number of morpholine rings is 1. The number of aromatic nitrogens is 2. The molecule has 0 radical (unpaired) electrons. The monoisotopic (exact) mass is 339 g/mol. The van der Waals surface area contributed by atoms with E-state index < -0.39 is 0 Å². The molecule has 3 heterocycles. The lowest BCUT2D eigenvalue weighted by atomic mass is 10.1. The molecule has 1 aromatic heterocycles. The second-order valence-electron chi connectivity index (χ2n) is 6.58. The van der Waals surface area contributed by atoms with E-state index in [0.29, 0.717) is 0 Å². The summed E-state index contributed by atoms with van der Waals surface area (Å²) in [7, 11) is 0. The van der Waals surface area contributed by atoms with Crippen LogP contribution in [0.1, 0.15) is 19.3 Å². The van der Waals surface area contributed by atoms with Gasteiger partial charge in [-0.2, -0.15) is 0 Å². The van der Waals surface area contributed by atoms with E-state index in [2.05, 4.69) is 49.4 Å². The predicted molar refractivity (Wildman–Crippen MR) is 101 cm³/mol. The number of piperidine rings is 1. The fourth-order valence-corrected chi connectivity index (χ4v) is 3.44. The molecule has 0 atom stereocenters. The highest BCUT2D eigenvalue weighted by molar-refractivity contribution is 5.62. The zero-order valence-electron chi connectivity index (χ0n) is 14.5. The van der Waals surface area contributed by atoms with Crippen LogP contribution in [0, 0.1) is 0 Å². The summed E-state index contributed by atoms with van der Waals surface area (Å²) in [6.45, 7) is 5.60. The highest BCUT2D eigenvalue weighted by Crippen LogP contribution is 2.24. The average molecular weight is 339 g/mol. The molecule has 2 saturated heterocycles. The van der Waals surface area contributed by atoms with Gasteiger partial charge < -0.3 is 19.9 Å². The highest BCUT2D eigenvalue weighted by Gasteiger charge is 2.13. The highest BCUT2D eigenvalue weighted by atomic mass is 16.5. The first-order valence-electron chi connectivity index (χ1n) is 9.15. The van der Waals surface area contributed by atoms with Crippen molar-refractivity contribution in [3.05, 3.63) is 36.7 Å². The topological polar surface area (TPSA) is 53.5 Å². The molecule has 132 valence electrons. The van der Waals surface area contributed by atoms with Crippen molar-refractivity contribution < 1.29 is 4.74 Å². The fourth-order valence-electron chi connectivity index (χ4n) is 3.44. The van der Waals surface area contributed by atoms with Crippen LogP contribution < -0.4 is 15.1 Å². The van der Waals surface area contributed by atoms with Crippen LogP contribution >= 0.6 is 0 Å². The molecule has 25 heavy (non-hydrogen) atoms. The molecule has 2 aliphatic rings. The third-order valence-electron chi connectivity index (χ3n) is 4.85. The lowest BCUT2D eigenvalue weighted by Gasteiger charge is -2.29. The van der Waals surface area contributed by atoms with Crippen molar-refractivity contribution in [2.75, 3.05) is 54.5 Å². The van der Waals surface area contributed by atoms with Crippen LogP contribution in [0.25, 0.3) is 0 Å². The van der Waals surface area contributed by atoms with Gasteiger partial charge in [-0.25, -0.2) is 9.97 Å². The Kier molecular flexibility index (Phi) is 4.97. The number of rotatable bonds is 4. The molecule has 1 N–H and O–H groups in total. The number of nitrogens with zero attached hydrogens (tertiary/aromatic N) is 4. The van der Waals surface area contributed by atoms with E-state index in [1.54, 1.807) is 6.33 Å². The zero-order valence-corrected chi connectivity index (χ0v) is 14.5. The van der Waals surface area contributed by atoms with Gasteiger partial charge in [-0.15, -0.1) is 0 Å². The van der Waals surface area contributed by atoms with Crippen molar-refractivity contribution in [3.63, 3.8) is 0 Å². The summed E-state index contributed by atoms with van der Waals surface area (Å²) in [6.07, 6.45) is 5.57. The molecule has 0 amide bonds. The lowest BCUT2D eigenvalue weighted by Crippen LogP contribution is -2.36. The van der Waals surface area contributed by atoms with Crippen molar-refractivity contribution in [2.24, 2.45) is 0 Å². The summed E-state index contributed by atoms with van der Waals surface area (Å²) in [5.41, 5.74) is 2.36. The first-order valence-corrected chi connectivity index (χ1v) is 9.15. The summed E-state index contributed by atoms with van der Waals surface area (Å²) < 4.78 is 5.40. The maximum absolute atomic E-state index is 5.40. The number of hydrogen-bond donors (Lipinski definition) is 1. The van der Waals surface area contributed by atoms with Gasteiger partial charge in [0, 0.05) is 43.6 Å². The van der Waals surface area contributed by atoms with Crippen LogP contribution in [-0.4, -0.2) is 49.4 Å². The Hall–Kier alpha value is -2.34. The Labute approximate surface area is 148 Å². The van der Waals surface area contributed by atoms with E-state index in [4.69, 9.17) is 4.74 Å². The zero-order chi connectivity index (χ0) is 16.9. The Morgan fingerprint density at radius 2 is 1.60 bits per heavy atom. The molecule has 0 aliphatic carbocycles. The molecular weight excluding hydrogens is 314 g/mol. The van der Waals surface area contributed by atoms with Crippen molar-refractivity contribution in [1.82, 2.24) is 9.97 Å². The SMILES string of the molecule is c1nc(Nc2ccc(N3CCCCC3)cc2)cc(N2CCOCC2)n1. The molecule has 0 saturated carbocycles. The Morgan fingerprint density at radius 3 is 2.36 bits per heavy atom. The second kappa shape index (κ2) is 7.70. The van der Waals surface area contributed by atoms with Gasteiger partial charge in [0.05, 0.1) is 13.2 Å². The van der Waals surface area contributed by atoms with Crippen LogP contribution in [0.15, 0.2) is 36.7 Å². The fraction of sp³-hybridized carbons (Fsp3) is 0.474. The molecule has 4 rings (SSSR count). The van der Waals surface area contributed by atoms with Gasteiger partial charge in [0.1, 0.15) is 18.0 Å². The summed E-state index contributed by atoms with van der Waals surface area (Å²) >= 11 is 0. The molecule has 6 nitrogen and oxygen atoms in total. The van der Waals surface area contributed by atoms with E-state index in [9.17, 15) is 0 Å². The van der Waals surface area contributed by atoms with E-state index in [1.165, 1.54) is 38.0 Å². The van der Waals surface area contributed by atoms with Gasteiger partial charge in [0.2, 0.25) is 0 Å². The van der Waals surface area contributed by atoms with Gasteiger partial charge in [-0.1, -0.05) is 0 Å². The quantitative estimate of drug-likeness (QED) is 0.924. The van der Waals surface area contributed by atoms with Gasteiger partial charge in [0.15, 0.2) is 0 Å². The number of benzene rings is 1. The van der Waals surface area contributed by atoms with E-state index in [-0.39, 0.29) is 0 Å². The molecule has 0 spiro atoms. The predicted octanol–water partition coefficient (Wildman–Crippen LogP) is 3.05. The van der Waals surface area contributed by atoms with Gasteiger partial charge >= 0.3 is 0 Å². The van der Waals surface area contributed by atoms with Crippen molar-refractivity contribution in [3.8, 4) is 0 Å². The maximum Gasteiger partial charge on any atom is 0.135 e. The largest absolute Gasteiger partial charge is 0.378 e. The van der Waals surface area contributed by atoms with Gasteiger partial charge in [-0.3, -0.25) is 0 Å². The lowest BCUT2D eigenvalue weighted by molar-refractivity contribution is 0.122. The molecule has 2 aliphatic heterocycles. The summed E-state index contributed by atoms with van der Waals surface area (Å²) in [6, 6.07) is 10.6. The first kappa shape index (κ1) is 16.1. The molecule has 0 bridgehead atoms. The normalized spacial score (nSPS) is 18.2. The van der Waals surface area contributed by atoms with E-state index in [0.717, 1.165) is 43.6 Å². The van der Waals surface area contributed by atoms with Gasteiger partial charge in [0.25, 0.3) is 0 Å². The third-order valence-corrected chi connectivity index (χ3v) is 4.85. The molecule has 2 aromatic rings. The van der Waals surface area contributed by atoms with E-state index in [1.807, 2.05) is 6.07 Å². The van der Waals surface area contributed by atoms with Crippen LogP contribution in [-0.2, 0) is 4.74 Å². The third kappa shape index (κ3) is 4.02. The molecule has 0 unspecified atom stereocenters. The Morgan fingerprint density at radius 1 is 0.840 bits per heavy atom. The smallest absolute Gasteiger partial charge is 0.135 e. The number of hydrogen-bond acceptors (Lipinski definition) is 6. The minimum Gasteiger partial charge on any atom is -0.378 e. The standard InChI is InChI=1S/C19H25N5O/c1-2-8-23(9-3-1)17-6-4-16(5-7-17)22-18-14-19(21-15-20-18)24-10-12-25-13-11-24/h4-7,14-15H,1-3,8-13H2,(H,20,21,22). The minimum atomic E-state index is 0.755. The summed E-state index contributed by atoms with van der Waals surface area (Å²) in [5.74, 6) is 1.77. The second-order valence-corrected chi connectivity index (χ2v) is 6.58. The number of ether oxygens (including phenoxy) is 1. The van der Waals surface area contributed by atoms with Crippen LogP contribution in [0.3, 0.4) is 0 Å². The Balaban J connectivity index is 1.43. The van der Waals surface area contributed by atoms with Crippen molar-refractivity contribution in [2.45, 2.75) is 19.3 Å². The molecule has 1 aromatic carbocycles. The van der Waals surface area contributed by atoms with E-state index >= 15 is 0 Å². The van der Waals surface area contributed by atoms with Gasteiger partial charge in [-0.05, 0) is 43.5 Å². The Bertz CT molecular complexity index is 678. The number of nitrogens with one attached hydrogen (secondary N) is 1. The molecule has 6 heteroatoms. The van der Waals surface area contributed by atoms with Crippen LogP contribution in [0.4, 0.5) is 23.0 Å². The summed E-state index contributed by atoms with van der Waals surface area (Å²) in [5, 5.41) is 3.39. The minimum absolute atomic E-state index is 0.755. The van der Waals surface area contributed by atoms with Crippen LogP contribution in [0.5, 0.6) is 0 Å². The van der Waals surface area contributed by atoms with Crippen molar-refractivity contribution in [1.29, 1.82) is 0 Å². The maximum atomic E-state index is 5.40. The first-order chi connectivity index (χ1) is 12.4. The summed E-state index contributed by atoms with van der Waals surface area (Å²) in [4.78, 5) is 13.4. The number of anilines is 4.